The van der Waals surface area contributed by atoms with Crippen molar-refractivity contribution in [2.75, 3.05) is 13.2 Å². The second-order valence-electron chi connectivity index (χ2n) is 7.48. The molecule has 2 rings (SSSR count). The van der Waals surface area contributed by atoms with E-state index in [-0.39, 0.29) is 6.04 Å². The molecule has 10 nitrogen and oxygen atoms in total. The van der Waals surface area contributed by atoms with Crippen molar-refractivity contribution in [1.29, 1.82) is 0 Å². The largest absolute Gasteiger partial charge is 0.454 e. The number of hydrogen-bond donors (Lipinski definition) is 3. The van der Waals surface area contributed by atoms with Crippen molar-refractivity contribution in [3.8, 4) is 0 Å². The standard InChI is InChI=1S/C20H26N4O6/c1-13(2)21-18(28)22-15(25)12-30-16(26)11-24-17(27)20(3,23-19(24)29)10-9-14-7-5-4-6-8-14/h4-8,13H,9-12H2,1-3H3,(H,23,29)(H2,21,22,25,28)/t20-/m0/s1. The molecule has 0 aliphatic carbocycles. The van der Waals surface area contributed by atoms with Crippen molar-refractivity contribution < 1.29 is 28.7 Å². The third kappa shape index (κ3) is 6.29. The van der Waals surface area contributed by atoms with E-state index in [1.54, 1.807) is 20.8 Å². The first-order valence-corrected chi connectivity index (χ1v) is 9.55. The van der Waals surface area contributed by atoms with Gasteiger partial charge in [0.1, 0.15) is 12.1 Å². The van der Waals surface area contributed by atoms with Crippen LogP contribution >= 0.6 is 0 Å². The first-order valence-electron chi connectivity index (χ1n) is 9.55. The molecule has 1 aromatic rings. The lowest BCUT2D eigenvalue weighted by Gasteiger charge is -2.21. The number of carbonyl (C=O) groups excluding carboxylic acids is 5. The van der Waals surface area contributed by atoms with Crippen molar-refractivity contribution in [2.45, 2.75) is 45.2 Å². The summed E-state index contributed by atoms with van der Waals surface area (Å²) in [5, 5.41) is 7.06. The molecule has 0 spiro atoms. The van der Waals surface area contributed by atoms with E-state index in [4.69, 9.17) is 4.74 Å². The van der Waals surface area contributed by atoms with E-state index < -0.39 is 48.5 Å². The highest BCUT2D eigenvalue weighted by Crippen LogP contribution is 2.23. The smallest absolute Gasteiger partial charge is 0.326 e. The Balaban J connectivity index is 1.83. The Morgan fingerprint density at radius 1 is 1.17 bits per heavy atom. The number of carbonyl (C=O) groups is 5. The summed E-state index contributed by atoms with van der Waals surface area (Å²) in [6.07, 6.45) is 0.931. The quantitative estimate of drug-likeness (QED) is 0.420. The molecule has 0 radical (unpaired) electrons. The Morgan fingerprint density at radius 3 is 2.47 bits per heavy atom. The van der Waals surface area contributed by atoms with Crippen LogP contribution in [0.25, 0.3) is 0 Å². The molecule has 3 N–H and O–H groups in total. The van der Waals surface area contributed by atoms with Crippen molar-refractivity contribution in [3.63, 3.8) is 0 Å². The highest BCUT2D eigenvalue weighted by atomic mass is 16.5. The van der Waals surface area contributed by atoms with Gasteiger partial charge in [-0.1, -0.05) is 30.3 Å². The van der Waals surface area contributed by atoms with Gasteiger partial charge in [-0.3, -0.25) is 24.6 Å². The maximum Gasteiger partial charge on any atom is 0.326 e. The van der Waals surface area contributed by atoms with Crippen molar-refractivity contribution in [3.05, 3.63) is 35.9 Å². The summed E-state index contributed by atoms with van der Waals surface area (Å²) in [6.45, 7) is 3.70. The number of nitrogens with zero attached hydrogens (tertiary/aromatic N) is 1. The number of amides is 6. The number of esters is 1. The number of imide groups is 2. The van der Waals surface area contributed by atoms with Gasteiger partial charge < -0.3 is 15.4 Å². The van der Waals surface area contributed by atoms with Crippen molar-refractivity contribution in [2.24, 2.45) is 0 Å². The Bertz CT molecular complexity index is 826. The van der Waals surface area contributed by atoms with Crippen LogP contribution in [0.15, 0.2) is 30.3 Å². The molecule has 1 aliphatic heterocycles. The SMILES string of the molecule is CC(C)NC(=O)NC(=O)COC(=O)CN1C(=O)N[C@@](C)(CCc2ccccc2)C1=O. The van der Waals surface area contributed by atoms with Gasteiger partial charge in [0.15, 0.2) is 6.61 Å². The zero-order chi connectivity index (χ0) is 22.3. The summed E-state index contributed by atoms with van der Waals surface area (Å²) in [4.78, 5) is 60.6. The summed E-state index contributed by atoms with van der Waals surface area (Å²) in [5.41, 5.74) is -0.120. The number of hydrogen-bond acceptors (Lipinski definition) is 6. The molecule has 10 heteroatoms. The highest BCUT2D eigenvalue weighted by molar-refractivity contribution is 6.08. The van der Waals surface area contributed by atoms with Gasteiger partial charge in [-0.05, 0) is 39.2 Å². The Kier molecular flexibility index (Phi) is 7.51. The summed E-state index contributed by atoms with van der Waals surface area (Å²) >= 11 is 0. The van der Waals surface area contributed by atoms with Crippen molar-refractivity contribution in [1.82, 2.24) is 20.9 Å². The van der Waals surface area contributed by atoms with Crippen LogP contribution in [0.2, 0.25) is 0 Å². The Labute approximate surface area is 174 Å². The lowest BCUT2D eigenvalue weighted by molar-refractivity contribution is -0.150. The average molecular weight is 418 g/mol. The number of nitrogens with one attached hydrogen (secondary N) is 3. The normalized spacial score (nSPS) is 18.2. The predicted molar refractivity (Wildman–Crippen MR) is 106 cm³/mol. The zero-order valence-electron chi connectivity index (χ0n) is 17.2. The van der Waals surface area contributed by atoms with E-state index in [1.807, 2.05) is 35.6 Å². The van der Waals surface area contributed by atoms with E-state index in [2.05, 4.69) is 10.6 Å². The van der Waals surface area contributed by atoms with E-state index in [0.29, 0.717) is 12.8 Å². The number of rotatable bonds is 8. The molecule has 0 unspecified atom stereocenters. The molecule has 30 heavy (non-hydrogen) atoms. The van der Waals surface area contributed by atoms with Gasteiger partial charge in [0.25, 0.3) is 11.8 Å². The summed E-state index contributed by atoms with van der Waals surface area (Å²) in [5.74, 6) is -2.31. The zero-order valence-corrected chi connectivity index (χ0v) is 17.2. The van der Waals surface area contributed by atoms with Gasteiger partial charge in [0.2, 0.25) is 0 Å². The van der Waals surface area contributed by atoms with Gasteiger partial charge in [-0.2, -0.15) is 0 Å². The minimum Gasteiger partial charge on any atom is -0.454 e. The number of urea groups is 2. The molecular weight excluding hydrogens is 392 g/mol. The van der Waals surface area contributed by atoms with Gasteiger partial charge in [-0.15, -0.1) is 0 Å². The van der Waals surface area contributed by atoms with Crippen LogP contribution in [0, 0.1) is 0 Å². The summed E-state index contributed by atoms with van der Waals surface area (Å²) in [6, 6.07) is 7.92. The average Bonchev–Trinajstić information content (AvgIpc) is 2.88. The molecule has 6 amide bonds. The molecule has 0 aromatic heterocycles. The molecule has 1 fully saturated rings. The van der Waals surface area contributed by atoms with Gasteiger partial charge in [0.05, 0.1) is 0 Å². The predicted octanol–water partition coefficient (Wildman–Crippen LogP) is 0.707. The minimum atomic E-state index is -1.14. The fourth-order valence-electron chi connectivity index (χ4n) is 2.88. The Morgan fingerprint density at radius 2 is 1.83 bits per heavy atom. The van der Waals surface area contributed by atoms with E-state index in [0.717, 1.165) is 10.5 Å². The lowest BCUT2D eigenvalue weighted by Crippen LogP contribution is -2.45. The van der Waals surface area contributed by atoms with Crippen LogP contribution in [0.1, 0.15) is 32.8 Å². The molecule has 1 saturated heterocycles. The van der Waals surface area contributed by atoms with Crippen LogP contribution in [0.4, 0.5) is 9.59 Å². The lowest BCUT2D eigenvalue weighted by atomic mass is 9.93. The first kappa shape index (κ1) is 22.9. The molecule has 162 valence electrons. The fourth-order valence-corrected chi connectivity index (χ4v) is 2.88. The molecule has 1 heterocycles. The highest BCUT2D eigenvalue weighted by Gasteiger charge is 2.48. The maximum atomic E-state index is 12.7. The van der Waals surface area contributed by atoms with Gasteiger partial charge in [-0.25, -0.2) is 9.59 Å². The Hall–Kier alpha value is -3.43. The van der Waals surface area contributed by atoms with Crippen LogP contribution in [0.5, 0.6) is 0 Å². The summed E-state index contributed by atoms with van der Waals surface area (Å²) in [7, 11) is 0. The van der Waals surface area contributed by atoms with Crippen LogP contribution < -0.4 is 16.0 Å². The third-order valence-electron chi connectivity index (χ3n) is 4.43. The van der Waals surface area contributed by atoms with Crippen LogP contribution in [-0.4, -0.2) is 59.5 Å². The fraction of sp³-hybridized carbons (Fsp3) is 0.450. The van der Waals surface area contributed by atoms with E-state index in [1.165, 1.54) is 0 Å². The third-order valence-corrected chi connectivity index (χ3v) is 4.43. The van der Waals surface area contributed by atoms with E-state index >= 15 is 0 Å². The monoisotopic (exact) mass is 418 g/mol. The topological polar surface area (TPSA) is 134 Å². The number of ether oxygens (including phenoxy) is 1. The van der Waals surface area contributed by atoms with Crippen LogP contribution in [-0.2, 0) is 25.5 Å². The summed E-state index contributed by atoms with van der Waals surface area (Å²) < 4.78 is 4.76. The second-order valence-corrected chi connectivity index (χ2v) is 7.48. The van der Waals surface area contributed by atoms with Gasteiger partial charge in [0, 0.05) is 6.04 Å². The molecule has 1 aliphatic rings. The number of aryl methyl sites for hydroxylation is 1. The second kappa shape index (κ2) is 9.86. The minimum absolute atomic E-state index is 0.170. The molecule has 1 aromatic carbocycles. The maximum absolute atomic E-state index is 12.7. The van der Waals surface area contributed by atoms with Crippen molar-refractivity contribution >= 4 is 29.8 Å². The molecule has 1 atom stereocenters. The number of benzene rings is 1. The van der Waals surface area contributed by atoms with E-state index in [9.17, 15) is 24.0 Å². The molecular formula is C20H26N4O6. The van der Waals surface area contributed by atoms with Gasteiger partial charge >= 0.3 is 18.0 Å². The molecule has 0 bridgehead atoms. The first-order chi connectivity index (χ1) is 14.1. The molecule has 0 saturated carbocycles. The van der Waals surface area contributed by atoms with Crippen LogP contribution in [0.3, 0.4) is 0 Å².